The number of thiophene rings is 1. The van der Waals surface area contributed by atoms with Gasteiger partial charge in [0.15, 0.2) is 5.54 Å². The molecule has 4 heteroatoms. The van der Waals surface area contributed by atoms with Crippen molar-refractivity contribution in [1.82, 2.24) is 5.32 Å². The quantitative estimate of drug-likeness (QED) is 0.803. The molecule has 0 fully saturated rings. The molecular formula is C12H17NO2S. The second kappa shape index (κ2) is 4.18. The maximum atomic E-state index is 12.0. The van der Waals surface area contributed by atoms with E-state index >= 15 is 0 Å². The van der Waals surface area contributed by atoms with Crippen molar-refractivity contribution >= 4 is 17.3 Å². The smallest absolute Gasteiger partial charge is 0.331 e. The van der Waals surface area contributed by atoms with Crippen molar-refractivity contribution in [2.24, 2.45) is 0 Å². The first-order valence-corrected chi connectivity index (χ1v) is 6.45. The summed E-state index contributed by atoms with van der Waals surface area (Å²) in [6.45, 7) is 4.12. The normalized spacial score (nSPS) is 28.6. The molecule has 2 rings (SSSR count). The predicted molar refractivity (Wildman–Crippen MR) is 64.6 cm³/mol. The van der Waals surface area contributed by atoms with Crippen molar-refractivity contribution in [1.29, 1.82) is 0 Å². The molecule has 0 saturated carbocycles. The Labute approximate surface area is 99.8 Å². The summed E-state index contributed by atoms with van der Waals surface area (Å²) in [5.41, 5.74) is 0.652. The molecule has 1 aromatic rings. The number of nitrogens with one attached hydrogen (secondary N) is 1. The molecule has 2 atom stereocenters. The van der Waals surface area contributed by atoms with Crippen molar-refractivity contribution in [2.45, 2.75) is 38.3 Å². The number of fused-ring (bicyclic) bond motifs is 1. The minimum Gasteiger partial charge on any atom is -0.467 e. The van der Waals surface area contributed by atoms with E-state index in [1.807, 2.05) is 6.92 Å². The number of rotatable bonds is 2. The lowest BCUT2D eigenvalue weighted by molar-refractivity contribution is -0.150. The van der Waals surface area contributed by atoms with Crippen molar-refractivity contribution in [2.75, 3.05) is 7.11 Å². The Morgan fingerprint density at radius 2 is 2.50 bits per heavy atom. The van der Waals surface area contributed by atoms with E-state index in [1.165, 1.54) is 12.7 Å². The third-order valence-corrected chi connectivity index (χ3v) is 4.34. The summed E-state index contributed by atoms with van der Waals surface area (Å²) in [5, 5.41) is 5.46. The van der Waals surface area contributed by atoms with Gasteiger partial charge in [-0.2, -0.15) is 0 Å². The standard InChI is InChI=1S/C12H17NO2S/c1-4-12(11(14)15-3)10-9(5-6-16-10)7-8(2)13-12/h5-6,8,13H,4,7H2,1-3H3/t8-,12-/m1/s1. The third kappa shape index (κ3) is 1.57. The van der Waals surface area contributed by atoms with Crippen LogP contribution in [-0.2, 0) is 21.5 Å². The van der Waals surface area contributed by atoms with Crippen LogP contribution in [0, 0.1) is 0 Å². The topological polar surface area (TPSA) is 38.3 Å². The second-order valence-electron chi connectivity index (χ2n) is 4.27. The van der Waals surface area contributed by atoms with Gasteiger partial charge in [0, 0.05) is 10.9 Å². The molecule has 1 N–H and O–H groups in total. The van der Waals surface area contributed by atoms with Crippen molar-refractivity contribution in [3.05, 3.63) is 21.9 Å². The lowest BCUT2D eigenvalue weighted by Gasteiger charge is -2.38. The fourth-order valence-corrected chi connectivity index (χ4v) is 3.63. The zero-order valence-corrected chi connectivity index (χ0v) is 10.7. The molecule has 16 heavy (non-hydrogen) atoms. The highest BCUT2D eigenvalue weighted by molar-refractivity contribution is 7.10. The minimum atomic E-state index is -0.629. The van der Waals surface area contributed by atoms with Crippen LogP contribution in [0.25, 0.3) is 0 Å². The minimum absolute atomic E-state index is 0.176. The number of esters is 1. The van der Waals surface area contributed by atoms with E-state index in [-0.39, 0.29) is 5.97 Å². The monoisotopic (exact) mass is 239 g/mol. The molecule has 1 aromatic heterocycles. The Balaban J connectivity index is 2.51. The van der Waals surface area contributed by atoms with Crippen molar-refractivity contribution < 1.29 is 9.53 Å². The maximum Gasteiger partial charge on any atom is 0.331 e. The fraction of sp³-hybridized carbons (Fsp3) is 0.583. The summed E-state index contributed by atoms with van der Waals surface area (Å²) in [7, 11) is 1.45. The molecule has 0 radical (unpaired) electrons. The molecule has 0 saturated heterocycles. The highest BCUT2D eigenvalue weighted by atomic mass is 32.1. The Kier molecular flexibility index (Phi) is 3.04. The van der Waals surface area contributed by atoms with E-state index in [2.05, 4.69) is 23.7 Å². The molecule has 88 valence electrons. The average molecular weight is 239 g/mol. The Morgan fingerprint density at radius 3 is 3.12 bits per heavy atom. The van der Waals surface area contributed by atoms with Gasteiger partial charge in [0.05, 0.1) is 7.11 Å². The summed E-state index contributed by atoms with van der Waals surface area (Å²) in [6, 6.07) is 2.42. The number of hydrogen-bond acceptors (Lipinski definition) is 4. The zero-order valence-electron chi connectivity index (χ0n) is 9.87. The fourth-order valence-electron chi connectivity index (χ4n) is 2.47. The first kappa shape index (κ1) is 11.6. The molecule has 0 aliphatic carbocycles. The van der Waals surface area contributed by atoms with Gasteiger partial charge in [-0.25, -0.2) is 4.79 Å². The van der Waals surface area contributed by atoms with Crippen LogP contribution in [-0.4, -0.2) is 19.1 Å². The summed E-state index contributed by atoms with van der Waals surface area (Å²) >= 11 is 1.64. The van der Waals surface area contributed by atoms with Crippen LogP contribution < -0.4 is 5.32 Å². The number of carbonyl (C=O) groups is 1. The second-order valence-corrected chi connectivity index (χ2v) is 5.19. The Morgan fingerprint density at radius 1 is 1.75 bits per heavy atom. The molecule has 0 bridgehead atoms. The molecule has 1 aliphatic heterocycles. The molecule has 0 spiro atoms. The van der Waals surface area contributed by atoms with Gasteiger partial charge in [0.25, 0.3) is 0 Å². The molecule has 1 aliphatic rings. The van der Waals surface area contributed by atoms with Crippen LogP contribution >= 0.6 is 11.3 Å². The lowest BCUT2D eigenvalue weighted by Crippen LogP contribution is -2.56. The maximum absolute atomic E-state index is 12.0. The summed E-state index contributed by atoms with van der Waals surface area (Å²) in [6.07, 6.45) is 1.70. The summed E-state index contributed by atoms with van der Waals surface area (Å²) < 4.78 is 4.96. The van der Waals surface area contributed by atoms with E-state index in [4.69, 9.17) is 4.74 Å². The predicted octanol–water partition coefficient (Wildman–Crippen LogP) is 2.06. The van der Waals surface area contributed by atoms with Crippen molar-refractivity contribution in [3.8, 4) is 0 Å². The van der Waals surface area contributed by atoms with Crippen LogP contribution in [0.3, 0.4) is 0 Å². The average Bonchev–Trinajstić information content (AvgIpc) is 2.74. The Bertz CT molecular complexity index is 401. The van der Waals surface area contributed by atoms with Crippen LogP contribution in [0.15, 0.2) is 11.4 Å². The van der Waals surface area contributed by atoms with E-state index < -0.39 is 5.54 Å². The first-order valence-electron chi connectivity index (χ1n) is 5.57. The highest BCUT2D eigenvalue weighted by Gasteiger charge is 2.45. The van der Waals surface area contributed by atoms with E-state index in [0.29, 0.717) is 6.04 Å². The van der Waals surface area contributed by atoms with Gasteiger partial charge >= 0.3 is 5.97 Å². The van der Waals surface area contributed by atoms with Gasteiger partial charge in [-0.15, -0.1) is 11.3 Å². The van der Waals surface area contributed by atoms with E-state index in [1.54, 1.807) is 11.3 Å². The van der Waals surface area contributed by atoms with Gasteiger partial charge in [-0.3, -0.25) is 5.32 Å². The Hall–Kier alpha value is -0.870. The van der Waals surface area contributed by atoms with Crippen LogP contribution in [0.2, 0.25) is 0 Å². The first-order chi connectivity index (χ1) is 7.64. The molecule has 0 amide bonds. The van der Waals surface area contributed by atoms with Gasteiger partial charge in [0.2, 0.25) is 0 Å². The number of methoxy groups -OCH3 is 1. The van der Waals surface area contributed by atoms with E-state index in [0.717, 1.165) is 17.7 Å². The molecule has 0 aromatic carbocycles. The number of carbonyl (C=O) groups excluding carboxylic acids is 1. The zero-order chi connectivity index (χ0) is 11.8. The highest BCUT2D eigenvalue weighted by Crippen LogP contribution is 2.38. The summed E-state index contributed by atoms with van der Waals surface area (Å²) in [4.78, 5) is 13.2. The van der Waals surface area contributed by atoms with Crippen LogP contribution in [0.5, 0.6) is 0 Å². The molecule has 3 nitrogen and oxygen atoms in total. The SMILES string of the molecule is CC[C@@]1(C(=O)OC)N[C@H](C)Cc2ccsc21. The van der Waals surface area contributed by atoms with Gasteiger partial charge in [-0.05, 0) is 36.8 Å². The van der Waals surface area contributed by atoms with E-state index in [9.17, 15) is 4.79 Å². The van der Waals surface area contributed by atoms with Crippen molar-refractivity contribution in [3.63, 3.8) is 0 Å². The number of hydrogen-bond donors (Lipinski definition) is 1. The summed E-state index contributed by atoms with van der Waals surface area (Å²) in [5.74, 6) is -0.176. The lowest BCUT2D eigenvalue weighted by atomic mass is 9.85. The molecule has 0 unspecified atom stereocenters. The third-order valence-electron chi connectivity index (χ3n) is 3.22. The van der Waals surface area contributed by atoms with Crippen LogP contribution in [0.1, 0.15) is 30.7 Å². The van der Waals surface area contributed by atoms with Gasteiger partial charge < -0.3 is 4.74 Å². The number of ether oxygens (including phenoxy) is 1. The van der Waals surface area contributed by atoms with Crippen LogP contribution in [0.4, 0.5) is 0 Å². The van der Waals surface area contributed by atoms with Gasteiger partial charge in [0.1, 0.15) is 0 Å². The van der Waals surface area contributed by atoms with Gasteiger partial charge in [-0.1, -0.05) is 6.92 Å². The molecule has 2 heterocycles. The molecular weight excluding hydrogens is 222 g/mol. The largest absolute Gasteiger partial charge is 0.467 e.